The van der Waals surface area contributed by atoms with E-state index in [2.05, 4.69) is 18.5 Å². The number of nitrogens with zero attached hydrogens (tertiary/aromatic N) is 2. The normalized spacial score (nSPS) is 19.2. The first-order valence-electron chi connectivity index (χ1n) is 4.17. The van der Waals surface area contributed by atoms with E-state index in [9.17, 15) is 4.79 Å². The van der Waals surface area contributed by atoms with Gasteiger partial charge in [0.15, 0.2) is 0 Å². The molecule has 0 N–H and O–H groups in total. The maximum atomic E-state index is 11.3. The molecule has 1 radical (unpaired) electrons. The van der Waals surface area contributed by atoms with E-state index in [-0.39, 0.29) is 5.91 Å². The van der Waals surface area contributed by atoms with Gasteiger partial charge in [-0.3, -0.25) is 4.79 Å². The molecule has 0 bridgehead atoms. The first-order valence-corrected chi connectivity index (χ1v) is 4.17. The minimum absolute atomic E-state index is 0.0816. The zero-order chi connectivity index (χ0) is 8.97. The van der Waals surface area contributed by atoms with Crippen LogP contribution in [0, 0.1) is 6.42 Å². The minimum atomic E-state index is 0.0816. The quantitative estimate of drug-likeness (QED) is 0.548. The van der Waals surface area contributed by atoms with Gasteiger partial charge >= 0.3 is 0 Å². The van der Waals surface area contributed by atoms with Crippen molar-refractivity contribution in [2.75, 3.05) is 33.2 Å². The topological polar surface area (TPSA) is 23.6 Å². The molecule has 1 heterocycles. The van der Waals surface area contributed by atoms with Crippen LogP contribution in [0.2, 0.25) is 0 Å². The fourth-order valence-corrected chi connectivity index (χ4v) is 1.23. The summed E-state index contributed by atoms with van der Waals surface area (Å²) in [6.07, 6.45) is 3.06. The molecule has 0 atom stereocenters. The Morgan fingerprint density at radius 3 is 2.42 bits per heavy atom. The molecule has 1 aliphatic rings. The van der Waals surface area contributed by atoms with Crippen molar-refractivity contribution in [3.05, 3.63) is 19.1 Å². The van der Waals surface area contributed by atoms with Crippen molar-refractivity contribution in [3.8, 4) is 0 Å². The highest BCUT2D eigenvalue weighted by Gasteiger charge is 2.17. The molecule has 1 aliphatic heterocycles. The molecule has 0 aromatic rings. The minimum Gasteiger partial charge on any atom is -0.340 e. The number of carbonyl (C=O) groups excluding carboxylic acids is 1. The first kappa shape index (κ1) is 9.26. The van der Waals surface area contributed by atoms with Crippen LogP contribution in [-0.2, 0) is 4.79 Å². The smallest absolute Gasteiger partial charge is 0.230 e. The Morgan fingerprint density at radius 2 is 1.92 bits per heavy atom. The third-order valence-corrected chi connectivity index (χ3v) is 2.08. The van der Waals surface area contributed by atoms with Crippen molar-refractivity contribution in [1.29, 1.82) is 0 Å². The van der Waals surface area contributed by atoms with E-state index in [1.807, 2.05) is 4.90 Å². The van der Waals surface area contributed by atoms with Crippen LogP contribution in [0.4, 0.5) is 0 Å². The van der Waals surface area contributed by atoms with E-state index in [0.717, 1.165) is 26.2 Å². The Kier molecular flexibility index (Phi) is 3.29. The van der Waals surface area contributed by atoms with E-state index in [1.165, 1.54) is 6.42 Å². The van der Waals surface area contributed by atoms with Crippen molar-refractivity contribution in [1.82, 2.24) is 9.80 Å². The van der Waals surface area contributed by atoms with E-state index < -0.39 is 0 Å². The van der Waals surface area contributed by atoms with E-state index >= 15 is 0 Å². The number of likely N-dealkylation sites (N-methyl/N-ethyl adjacent to an activating group) is 1. The van der Waals surface area contributed by atoms with Crippen molar-refractivity contribution in [2.45, 2.75) is 0 Å². The summed E-state index contributed by atoms with van der Waals surface area (Å²) in [5, 5.41) is 0. The van der Waals surface area contributed by atoms with Gasteiger partial charge in [0.1, 0.15) is 0 Å². The molecular weight excluding hydrogens is 153 g/mol. The predicted molar refractivity (Wildman–Crippen MR) is 48.6 cm³/mol. The highest BCUT2D eigenvalue weighted by molar-refractivity contribution is 5.86. The second kappa shape index (κ2) is 4.26. The van der Waals surface area contributed by atoms with Gasteiger partial charge in [0, 0.05) is 26.2 Å². The van der Waals surface area contributed by atoms with Crippen LogP contribution in [0.15, 0.2) is 12.7 Å². The van der Waals surface area contributed by atoms with Gasteiger partial charge in [-0.2, -0.15) is 0 Å². The fourth-order valence-electron chi connectivity index (χ4n) is 1.23. The van der Waals surface area contributed by atoms with Gasteiger partial charge in [-0.15, -0.1) is 6.58 Å². The van der Waals surface area contributed by atoms with Crippen molar-refractivity contribution < 1.29 is 4.79 Å². The highest BCUT2D eigenvalue weighted by Crippen LogP contribution is 2.00. The molecule has 1 fully saturated rings. The fraction of sp³-hybridized carbons (Fsp3) is 0.556. The second-order valence-corrected chi connectivity index (χ2v) is 3.03. The molecule has 0 spiro atoms. The standard InChI is InChI=1S/C9H15N2O/c1-3-4-9(12)11-7-5-10(2)6-8-11/h3-4H,1,5-8H2,2H3/i9+1. The highest BCUT2D eigenvalue weighted by atomic mass is 16.2. The molecule has 0 unspecified atom stereocenters. The zero-order valence-corrected chi connectivity index (χ0v) is 7.49. The summed E-state index contributed by atoms with van der Waals surface area (Å²) in [4.78, 5) is 15.4. The number of hydrogen-bond acceptors (Lipinski definition) is 2. The Bertz CT molecular complexity index is 171. The predicted octanol–water partition coefficient (Wildman–Crippen LogP) is 0.151. The SMILES string of the molecule is C=C[CH][13C](=O)N1CCN(C)CC1. The second-order valence-electron chi connectivity index (χ2n) is 3.03. The number of piperazine rings is 1. The average molecular weight is 168 g/mol. The number of carbonyl (C=O) groups is 1. The summed E-state index contributed by atoms with van der Waals surface area (Å²) >= 11 is 0. The Hall–Kier alpha value is -0.830. The molecule has 3 heteroatoms. The van der Waals surface area contributed by atoms with Gasteiger partial charge in [-0.25, -0.2) is 0 Å². The van der Waals surface area contributed by atoms with Gasteiger partial charge in [0.25, 0.3) is 0 Å². The third-order valence-electron chi connectivity index (χ3n) is 2.08. The molecule has 12 heavy (non-hydrogen) atoms. The maximum Gasteiger partial charge on any atom is 0.230 e. The number of rotatable bonds is 2. The average Bonchev–Trinajstić information content (AvgIpc) is 2.06. The summed E-state index contributed by atoms with van der Waals surface area (Å²) in [7, 11) is 2.07. The summed E-state index contributed by atoms with van der Waals surface area (Å²) in [6.45, 7) is 7.10. The van der Waals surface area contributed by atoms with Crippen LogP contribution in [0.25, 0.3) is 0 Å². The van der Waals surface area contributed by atoms with E-state index in [1.54, 1.807) is 6.08 Å². The summed E-state index contributed by atoms with van der Waals surface area (Å²) in [5.41, 5.74) is 0. The van der Waals surface area contributed by atoms with Crippen LogP contribution < -0.4 is 0 Å². The van der Waals surface area contributed by atoms with E-state index in [0.29, 0.717) is 0 Å². The van der Waals surface area contributed by atoms with Crippen LogP contribution in [0.5, 0.6) is 0 Å². The number of hydrogen-bond donors (Lipinski definition) is 0. The Balaban J connectivity index is 2.33. The third kappa shape index (κ3) is 2.34. The molecule has 0 aromatic carbocycles. The number of amides is 1. The lowest BCUT2D eigenvalue weighted by molar-refractivity contribution is -0.128. The maximum absolute atomic E-state index is 11.3. The van der Waals surface area contributed by atoms with Crippen LogP contribution in [0.3, 0.4) is 0 Å². The molecular formula is C9H15N2O. The molecule has 0 aromatic heterocycles. The Labute approximate surface area is 73.6 Å². The Morgan fingerprint density at radius 1 is 1.33 bits per heavy atom. The first-order chi connectivity index (χ1) is 5.74. The molecule has 1 saturated heterocycles. The van der Waals surface area contributed by atoms with E-state index in [4.69, 9.17) is 0 Å². The molecule has 1 rings (SSSR count). The van der Waals surface area contributed by atoms with Crippen molar-refractivity contribution in [2.24, 2.45) is 0 Å². The molecule has 1 amide bonds. The lowest BCUT2D eigenvalue weighted by Crippen LogP contribution is -2.47. The summed E-state index contributed by atoms with van der Waals surface area (Å²) in [6, 6.07) is 0. The molecule has 3 nitrogen and oxygen atoms in total. The van der Waals surface area contributed by atoms with Crippen LogP contribution in [0.1, 0.15) is 0 Å². The summed E-state index contributed by atoms with van der Waals surface area (Å²) < 4.78 is 0. The molecule has 0 aliphatic carbocycles. The lowest BCUT2D eigenvalue weighted by atomic mass is 10.3. The monoisotopic (exact) mass is 168 g/mol. The largest absolute Gasteiger partial charge is 0.340 e. The van der Waals surface area contributed by atoms with Crippen molar-refractivity contribution >= 4 is 5.91 Å². The van der Waals surface area contributed by atoms with Gasteiger partial charge in [-0.05, 0) is 7.05 Å². The van der Waals surface area contributed by atoms with Crippen LogP contribution in [-0.4, -0.2) is 48.9 Å². The van der Waals surface area contributed by atoms with Gasteiger partial charge in [0.05, 0.1) is 6.42 Å². The lowest BCUT2D eigenvalue weighted by Gasteiger charge is -2.32. The zero-order valence-electron chi connectivity index (χ0n) is 7.49. The van der Waals surface area contributed by atoms with Crippen LogP contribution >= 0.6 is 0 Å². The van der Waals surface area contributed by atoms with Crippen molar-refractivity contribution in [3.63, 3.8) is 0 Å². The summed E-state index contributed by atoms with van der Waals surface area (Å²) in [5.74, 6) is 0.0816. The molecule has 0 saturated carbocycles. The van der Waals surface area contributed by atoms with Gasteiger partial charge < -0.3 is 9.80 Å². The van der Waals surface area contributed by atoms with Gasteiger partial charge in [-0.1, -0.05) is 6.08 Å². The van der Waals surface area contributed by atoms with Gasteiger partial charge in [0.2, 0.25) is 5.91 Å². The molecule has 67 valence electrons.